The van der Waals surface area contributed by atoms with E-state index in [1.54, 1.807) is 17.1 Å². The number of hydrogen-bond acceptors (Lipinski definition) is 2. The van der Waals surface area contributed by atoms with E-state index in [9.17, 15) is 4.79 Å². The molecule has 0 saturated heterocycles. The van der Waals surface area contributed by atoms with Crippen LogP contribution in [0.1, 0.15) is 18.5 Å². The lowest BCUT2D eigenvalue weighted by Crippen LogP contribution is -2.22. The lowest BCUT2D eigenvalue weighted by Gasteiger charge is -2.09. The highest BCUT2D eigenvalue weighted by Crippen LogP contribution is 2.47. The molecule has 0 amide bonds. The third-order valence-corrected chi connectivity index (χ3v) is 2.47. The second kappa shape index (κ2) is 2.09. The van der Waals surface area contributed by atoms with Crippen LogP contribution in [0.2, 0.25) is 0 Å². The maximum Gasteiger partial charge on any atom is 0.315 e. The second-order valence-electron chi connectivity index (χ2n) is 3.28. The first-order valence-electron chi connectivity index (χ1n) is 3.87. The average molecular weight is 166 g/mol. The average Bonchev–Trinajstić information content (AvgIpc) is 2.71. The van der Waals surface area contributed by atoms with Crippen molar-refractivity contribution in [2.45, 2.75) is 18.3 Å². The molecule has 0 aliphatic heterocycles. The van der Waals surface area contributed by atoms with Crippen LogP contribution in [0.15, 0.2) is 12.5 Å². The number of aromatic nitrogens is 2. The van der Waals surface area contributed by atoms with Crippen molar-refractivity contribution in [2.75, 3.05) is 0 Å². The summed E-state index contributed by atoms with van der Waals surface area (Å²) in [6, 6.07) is 0. The van der Waals surface area contributed by atoms with Crippen molar-refractivity contribution >= 4 is 5.97 Å². The Balaban J connectivity index is 2.43. The molecule has 4 nitrogen and oxygen atoms in total. The molecule has 0 aromatic carbocycles. The zero-order valence-electron chi connectivity index (χ0n) is 6.82. The molecule has 1 aromatic heterocycles. The van der Waals surface area contributed by atoms with E-state index in [1.807, 2.05) is 7.05 Å². The quantitative estimate of drug-likeness (QED) is 0.697. The fourth-order valence-corrected chi connectivity index (χ4v) is 1.52. The van der Waals surface area contributed by atoms with Crippen molar-refractivity contribution in [3.63, 3.8) is 0 Å². The zero-order chi connectivity index (χ0) is 8.77. The molecule has 1 heterocycles. The summed E-state index contributed by atoms with van der Waals surface area (Å²) in [5.41, 5.74) is 0.195. The Morgan fingerprint density at radius 1 is 1.75 bits per heavy atom. The molecule has 0 spiro atoms. The molecule has 12 heavy (non-hydrogen) atoms. The van der Waals surface area contributed by atoms with Gasteiger partial charge in [-0.05, 0) is 12.8 Å². The number of rotatable bonds is 2. The summed E-state index contributed by atoms with van der Waals surface area (Å²) in [7, 11) is 1.82. The third-order valence-electron chi connectivity index (χ3n) is 2.47. The van der Waals surface area contributed by atoms with E-state index in [2.05, 4.69) is 4.98 Å². The van der Waals surface area contributed by atoms with E-state index >= 15 is 0 Å². The molecular weight excluding hydrogens is 156 g/mol. The number of nitrogens with zero attached hydrogens (tertiary/aromatic N) is 2. The van der Waals surface area contributed by atoms with Gasteiger partial charge in [-0.15, -0.1) is 0 Å². The number of imidazole rings is 1. The number of aryl methyl sites for hydroxylation is 1. The molecule has 1 saturated carbocycles. The fraction of sp³-hybridized carbons (Fsp3) is 0.500. The van der Waals surface area contributed by atoms with E-state index in [0.29, 0.717) is 0 Å². The molecule has 4 heteroatoms. The molecule has 0 atom stereocenters. The van der Waals surface area contributed by atoms with Crippen LogP contribution in [0, 0.1) is 0 Å². The first-order valence-corrected chi connectivity index (χ1v) is 3.87. The van der Waals surface area contributed by atoms with Gasteiger partial charge in [0.15, 0.2) is 0 Å². The third kappa shape index (κ3) is 0.776. The summed E-state index contributed by atoms with van der Waals surface area (Å²) in [5.74, 6) is -0.730. The maximum atomic E-state index is 10.9. The highest BCUT2D eigenvalue weighted by atomic mass is 16.4. The van der Waals surface area contributed by atoms with Gasteiger partial charge >= 0.3 is 5.97 Å². The van der Waals surface area contributed by atoms with Gasteiger partial charge in [0.05, 0.1) is 12.0 Å². The Morgan fingerprint density at radius 3 is 2.75 bits per heavy atom. The number of hydrogen-bond donors (Lipinski definition) is 1. The monoisotopic (exact) mass is 166 g/mol. The van der Waals surface area contributed by atoms with Crippen LogP contribution in [0.4, 0.5) is 0 Å². The van der Waals surface area contributed by atoms with Gasteiger partial charge in [-0.2, -0.15) is 0 Å². The first kappa shape index (κ1) is 7.34. The van der Waals surface area contributed by atoms with Gasteiger partial charge in [0, 0.05) is 13.2 Å². The van der Waals surface area contributed by atoms with Gasteiger partial charge in [0.2, 0.25) is 0 Å². The molecule has 0 unspecified atom stereocenters. The largest absolute Gasteiger partial charge is 0.481 e. The summed E-state index contributed by atoms with van der Waals surface area (Å²) in [5, 5.41) is 8.96. The van der Waals surface area contributed by atoms with E-state index in [4.69, 9.17) is 5.11 Å². The predicted octanol–water partition coefficient (Wildman–Crippen LogP) is 0.536. The number of carbonyl (C=O) groups is 1. The van der Waals surface area contributed by atoms with Crippen molar-refractivity contribution in [1.29, 1.82) is 0 Å². The Morgan fingerprint density at radius 2 is 2.42 bits per heavy atom. The Labute approximate surface area is 69.8 Å². The maximum absolute atomic E-state index is 10.9. The lowest BCUT2D eigenvalue weighted by molar-refractivity contribution is -0.140. The minimum atomic E-state index is -0.730. The molecule has 0 radical (unpaired) electrons. The van der Waals surface area contributed by atoms with Crippen LogP contribution < -0.4 is 0 Å². The van der Waals surface area contributed by atoms with Gasteiger partial charge in [0.1, 0.15) is 5.41 Å². The number of aliphatic carboxylic acids is 1. The molecule has 2 rings (SSSR count). The minimum Gasteiger partial charge on any atom is -0.481 e. The van der Waals surface area contributed by atoms with E-state index in [1.165, 1.54) is 0 Å². The van der Waals surface area contributed by atoms with E-state index in [-0.39, 0.29) is 0 Å². The zero-order valence-corrected chi connectivity index (χ0v) is 6.82. The normalized spacial score (nSPS) is 19.1. The van der Waals surface area contributed by atoms with Crippen molar-refractivity contribution < 1.29 is 9.90 Å². The molecule has 0 bridgehead atoms. The molecule has 1 fully saturated rings. The van der Waals surface area contributed by atoms with Gasteiger partial charge in [-0.25, -0.2) is 4.98 Å². The summed E-state index contributed by atoms with van der Waals surface area (Å²) in [6.07, 6.45) is 4.75. The fourth-order valence-electron chi connectivity index (χ4n) is 1.52. The standard InChI is InChI=1S/C8H10N2O2/c1-10-5-9-4-6(10)8(2-3-8)7(11)12/h4-5H,2-3H2,1H3,(H,11,12). The SMILES string of the molecule is Cn1cncc1C1(C(=O)O)CC1. The molecular formula is C8H10N2O2. The van der Waals surface area contributed by atoms with E-state index < -0.39 is 11.4 Å². The molecule has 1 aromatic rings. The van der Waals surface area contributed by atoms with Crippen molar-refractivity contribution in [3.05, 3.63) is 18.2 Å². The Bertz CT molecular complexity index is 326. The van der Waals surface area contributed by atoms with Crippen LogP contribution in [0.25, 0.3) is 0 Å². The second-order valence-corrected chi connectivity index (χ2v) is 3.28. The lowest BCUT2D eigenvalue weighted by atomic mass is 10.0. The molecule has 64 valence electrons. The number of carboxylic acid groups (broad SMARTS) is 1. The van der Waals surface area contributed by atoms with Gasteiger partial charge in [-0.1, -0.05) is 0 Å². The van der Waals surface area contributed by atoms with Crippen molar-refractivity contribution in [1.82, 2.24) is 9.55 Å². The first-order chi connectivity index (χ1) is 5.67. The van der Waals surface area contributed by atoms with Crippen LogP contribution in [0.5, 0.6) is 0 Å². The summed E-state index contributed by atoms with van der Waals surface area (Å²) >= 11 is 0. The van der Waals surface area contributed by atoms with Crippen molar-refractivity contribution in [3.8, 4) is 0 Å². The molecule has 1 N–H and O–H groups in total. The molecule has 1 aliphatic rings. The summed E-state index contributed by atoms with van der Waals surface area (Å²) in [6.45, 7) is 0. The smallest absolute Gasteiger partial charge is 0.315 e. The predicted molar refractivity (Wildman–Crippen MR) is 41.8 cm³/mol. The van der Waals surface area contributed by atoms with Gasteiger partial charge in [0.25, 0.3) is 0 Å². The minimum absolute atomic E-state index is 0.620. The van der Waals surface area contributed by atoms with E-state index in [0.717, 1.165) is 18.5 Å². The summed E-state index contributed by atoms with van der Waals surface area (Å²) in [4.78, 5) is 14.8. The van der Waals surface area contributed by atoms with Crippen LogP contribution >= 0.6 is 0 Å². The van der Waals surface area contributed by atoms with Crippen LogP contribution in [-0.2, 0) is 17.3 Å². The molecule has 1 aliphatic carbocycles. The number of carboxylic acids is 1. The van der Waals surface area contributed by atoms with Gasteiger partial charge < -0.3 is 9.67 Å². The Kier molecular flexibility index (Phi) is 1.28. The van der Waals surface area contributed by atoms with Gasteiger partial charge in [-0.3, -0.25) is 4.79 Å². The van der Waals surface area contributed by atoms with Crippen molar-refractivity contribution in [2.24, 2.45) is 7.05 Å². The highest BCUT2D eigenvalue weighted by Gasteiger charge is 2.53. The summed E-state index contributed by atoms with van der Waals surface area (Å²) < 4.78 is 1.78. The van der Waals surface area contributed by atoms with Crippen LogP contribution in [0.3, 0.4) is 0 Å². The van der Waals surface area contributed by atoms with Crippen LogP contribution in [-0.4, -0.2) is 20.6 Å². The topological polar surface area (TPSA) is 55.1 Å². The Hall–Kier alpha value is -1.32. The highest BCUT2D eigenvalue weighted by molar-refractivity contribution is 5.84.